The molecule has 0 fully saturated rings. The molecule has 0 aromatic heterocycles. The van der Waals surface area contributed by atoms with Crippen LogP contribution in [0, 0.1) is 17.6 Å². The van der Waals surface area contributed by atoms with E-state index in [-0.39, 0.29) is 23.7 Å². The second-order valence-corrected chi connectivity index (χ2v) is 4.05. The summed E-state index contributed by atoms with van der Waals surface area (Å²) >= 11 is 0. The maximum Gasteiger partial charge on any atom is 0.162 e. The minimum absolute atomic E-state index is 0.0231. The molecule has 0 radical (unpaired) electrons. The second kappa shape index (κ2) is 5.73. The van der Waals surface area contributed by atoms with E-state index in [9.17, 15) is 13.6 Å². The third-order valence-corrected chi connectivity index (χ3v) is 2.67. The van der Waals surface area contributed by atoms with Gasteiger partial charge < -0.3 is 0 Å². The monoisotopic (exact) mass is 226 g/mol. The summed E-state index contributed by atoms with van der Waals surface area (Å²) in [4.78, 5) is 11.7. The molecule has 1 nitrogen and oxygen atoms in total. The van der Waals surface area contributed by atoms with E-state index in [0.29, 0.717) is 0 Å². The molecule has 16 heavy (non-hydrogen) atoms. The molecule has 1 unspecified atom stereocenters. The average molecular weight is 226 g/mol. The minimum atomic E-state index is -0.903. The molecule has 0 saturated carbocycles. The normalized spacial score (nSPS) is 12.5. The Bertz CT molecular complexity index is 374. The van der Waals surface area contributed by atoms with Gasteiger partial charge in [0.1, 0.15) is 5.78 Å². The summed E-state index contributed by atoms with van der Waals surface area (Å²) in [7, 11) is 0. The van der Waals surface area contributed by atoms with Crippen LogP contribution in [-0.2, 0) is 11.2 Å². The van der Waals surface area contributed by atoms with Crippen LogP contribution in [0.15, 0.2) is 18.2 Å². The Morgan fingerprint density at radius 2 is 2.06 bits per heavy atom. The van der Waals surface area contributed by atoms with Crippen molar-refractivity contribution in [3.05, 3.63) is 35.4 Å². The van der Waals surface area contributed by atoms with Gasteiger partial charge in [-0.15, -0.1) is 0 Å². The lowest BCUT2D eigenvalue weighted by Crippen LogP contribution is -2.14. The molecule has 0 aliphatic heterocycles. The molecule has 3 heteroatoms. The van der Waals surface area contributed by atoms with Gasteiger partial charge in [-0.3, -0.25) is 4.79 Å². The van der Waals surface area contributed by atoms with Crippen molar-refractivity contribution < 1.29 is 13.6 Å². The summed E-state index contributed by atoms with van der Waals surface area (Å²) in [5, 5.41) is 0. The number of hydrogen-bond donors (Lipinski definition) is 0. The fourth-order valence-corrected chi connectivity index (χ4v) is 1.64. The first-order chi connectivity index (χ1) is 7.56. The summed E-state index contributed by atoms with van der Waals surface area (Å²) in [6, 6.07) is 3.93. The molecule has 1 aromatic carbocycles. The number of Topliss-reactive ketones (excluding diaryl/α,β-unsaturated/α-hetero) is 1. The Morgan fingerprint density at radius 1 is 1.38 bits per heavy atom. The first-order valence-electron chi connectivity index (χ1n) is 5.51. The largest absolute Gasteiger partial charge is 0.299 e. The zero-order valence-electron chi connectivity index (χ0n) is 9.59. The quantitative estimate of drug-likeness (QED) is 0.750. The van der Waals surface area contributed by atoms with E-state index in [1.165, 1.54) is 12.1 Å². The van der Waals surface area contributed by atoms with Crippen LogP contribution in [0.3, 0.4) is 0 Å². The number of rotatable bonds is 5. The Kier molecular flexibility index (Phi) is 4.59. The van der Waals surface area contributed by atoms with Crippen LogP contribution in [0.2, 0.25) is 0 Å². The molecule has 0 saturated heterocycles. The molecule has 0 bridgehead atoms. The molecule has 1 atom stereocenters. The van der Waals surface area contributed by atoms with Gasteiger partial charge in [0.15, 0.2) is 11.6 Å². The van der Waals surface area contributed by atoms with Crippen molar-refractivity contribution in [2.24, 2.45) is 5.92 Å². The van der Waals surface area contributed by atoms with Crippen molar-refractivity contribution in [3.63, 3.8) is 0 Å². The van der Waals surface area contributed by atoms with E-state index in [0.717, 1.165) is 18.9 Å². The van der Waals surface area contributed by atoms with Gasteiger partial charge in [0, 0.05) is 12.3 Å². The van der Waals surface area contributed by atoms with E-state index in [1.807, 2.05) is 13.8 Å². The summed E-state index contributed by atoms with van der Waals surface area (Å²) in [5.74, 6) is -1.92. The van der Waals surface area contributed by atoms with Crippen LogP contribution in [0.4, 0.5) is 8.78 Å². The molecular formula is C13H16F2O. The highest BCUT2D eigenvalue weighted by molar-refractivity contribution is 5.82. The average Bonchev–Trinajstić information content (AvgIpc) is 2.25. The smallest absolute Gasteiger partial charge is 0.162 e. The van der Waals surface area contributed by atoms with Crippen molar-refractivity contribution in [3.8, 4) is 0 Å². The highest BCUT2D eigenvalue weighted by Gasteiger charge is 2.16. The van der Waals surface area contributed by atoms with Gasteiger partial charge in [-0.05, 0) is 18.1 Å². The second-order valence-electron chi connectivity index (χ2n) is 4.05. The fourth-order valence-electron chi connectivity index (χ4n) is 1.64. The van der Waals surface area contributed by atoms with Crippen LogP contribution in [0.5, 0.6) is 0 Å². The number of carbonyl (C=O) groups is 1. The lowest BCUT2D eigenvalue weighted by molar-refractivity contribution is -0.121. The Labute approximate surface area is 94.5 Å². The molecule has 1 rings (SSSR count). The highest BCUT2D eigenvalue weighted by atomic mass is 19.2. The lowest BCUT2D eigenvalue weighted by atomic mass is 9.95. The van der Waals surface area contributed by atoms with E-state index in [2.05, 4.69) is 0 Å². The lowest BCUT2D eigenvalue weighted by Gasteiger charge is -2.09. The van der Waals surface area contributed by atoms with Gasteiger partial charge in [-0.25, -0.2) is 8.78 Å². The van der Waals surface area contributed by atoms with Gasteiger partial charge in [-0.1, -0.05) is 32.4 Å². The minimum Gasteiger partial charge on any atom is -0.299 e. The number of carbonyl (C=O) groups excluding carboxylic acids is 1. The number of benzene rings is 1. The van der Waals surface area contributed by atoms with Crippen molar-refractivity contribution in [1.29, 1.82) is 0 Å². The van der Waals surface area contributed by atoms with Gasteiger partial charge in [0.25, 0.3) is 0 Å². The predicted octanol–water partition coefficient (Wildman–Crippen LogP) is 3.51. The number of halogens is 2. The topological polar surface area (TPSA) is 17.1 Å². The van der Waals surface area contributed by atoms with Gasteiger partial charge in [0.05, 0.1) is 0 Å². The zero-order chi connectivity index (χ0) is 12.1. The number of hydrogen-bond acceptors (Lipinski definition) is 1. The molecule has 0 amide bonds. The molecular weight excluding hydrogens is 210 g/mol. The van der Waals surface area contributed by atoms with E-state index in [1.54, 1.807) is 0 Å². The Morgan fingerprint density at radius 3 is 2.69 bits per heavy atom. The maximum atomic E-state index is 13.3. The van der Waals surface area contributed by atoms with Gasteiger partial charge in [0.2, 0.25) is 0 Å². The van der Waals surface area contributed by atoms with Crippen LogP contribution in [0.25, 0.3) is 0 Å². The zero-order valence-corrected chi connectivity index (χ0v) is 9.59. The molecule has 1 aromatic rings. The first kappa shape index (κ1) is 12.8. The summed E-state index contributed by atoms with van der Waals surface area (Å²) in [6.07, 6.45) is 1.68. The summed E-state index contributed by atoms with van der Waals surface area (Å²) in [6.45, 7) is 3.82. The fraction of sp³-hybridized carbons (Fsp3) is 0.462. The first-order valence-corrected chi connectivity index (χ1v) is 5.51. The van der Waals surface area contributed by atoms with E-state index < -0.39 is 11.6 Å². The van der Waals surface area contributed by atoms with Crippen LogP contribution in [-0.4, -0.2) is 5.78 Å². The molecule has 88 valence electrons. The third kappa shape index (κ3) is 3.12. The highest BCUT2D eigenvalue weighted by Crippen LogP contribution is 2.15. The molecule has 0 aliphatic carbocycles. The maximum absolute atomic E-state index is 13.3. The number of ketones is 1. The van der Waals surface area contributed by atoms with Crippen molar-refractivity contribution >= 4 is 5.78 Å². The molecule has 0 heterocycles. The molecule has 0 spiro atoms. The standard InChI is InChI=1S/C13H16F2O/c1-3-5-9(2)12(16)8-10-6-4-7-11(14)13(10)15/h4,6-7,9H,3,5,8H2,1-2H3. The SMILES string of the molecule is CCCC(C)C(=O)Cc1cccc(F)c1F. The van der Waals surface area contributed by atoms with Crippen molar-refractivity contribution in [2.75, 3.05) is 0 Å². The van der Waals surface area contributed by atoms with E-state index >= 15 is 0 Å². The van der Waals surface area contributed by atoms with Crippen LogP contribution >= 0.6 is 0 Å². The van der Waals surface area contributed by atoms with E-state index in [4.69, 9.17) is 0 Å². The van der Waals surface area contributed by atoms with Crippen molar-refractivity contribution in [1.82, 2.24) is 0 Å². The molecule has 0 N–H and O–H groups in total. The van der Waals surface area contributed by atoms with Gasteiger partial charge in [-0.2, -0.15) is 0 Å². The summed E-state index contributed by atoms with van der Waals surface area (Å²) < 4.78 is 26.2. The van der Waals surface area contributed by atoms with Gasteiger partial charge >= 0.3 is 0 Å². The van der Waals surface area contributed by atoms with Crippen LogP contribution in [0.1, 0.15) is 32.3 Å². The third-order valence-electron chi connectivity index (χ3n) is 2.67. The van der Waals surface area contributed by atoms with Crippen LogP contribution < -0.4 is 0 Å². The predicted molar refractivity (Wildman–Crippen MR) is 59.1 cm³/mol. The Hall–Kier alpha value is -1.25. The van der Waals surface area contributed by atoms with Crippen molar-refractivity contribution in [2.45, 2.75) is 33.1 Å². The Balaban J connectivity index is 2.73. The summed E-state index contributed by atoms with van der Waals surface area (Å²) in [5.41, 5.74) is 0.146. The molecule has 0 aliphatic rings.